The highest BCUT2D eigenvalue weighted by Crippen LogP contribution is 2.47. The molecule has 1 aliphatic heterocycles. The van der Waals surface area contributed by atoms with E-state index in [9.17, 15) is 25.9 Å². The van der Waals surface area contributed by atoms with E-state index in [-0.39, 0.29) is 24.3 Å². The van der Waals surface area contributed by atoms with Crippen LogP contribution in [0.2, 0.25) is 10.0 Å². The average Bonchev–Trinajstić information content (AvgIpc) is 3.34. The predicted octanol–water partition coefficient (Wildman–Crippen LogP) is 7.55. The van der Waals surface area contributed by atoms with Crippen LogP contribution in [0.3, 0.4) is 0 Å². The first-order chi connectivity index (χ1) is 18.3. The highest BCUT2D eigenvalue weighted by molar-refractivity contribution is 8.03. The molecule has 0 radical (unpaired) electrons. The van der Waals surface area contributed by atoms with Gasteiger partial charge in [0.2, 0.25) is 0 Å². The average molecular weight is 649 g/mol. The number of thiophene rings is 1. The molecule has 0 spiro atoms. The van der Waals surface area contributed by atoms with E-state index in [1.807, 2.05) is 48.2 Å². The van der Waals surface area contributed by atoms with Gasteiger partial charge >= 0.3 is 0 Å². The topological polar surface area (TPSA) is 112 Å². The number of aryl methyl sites for hydroxylation is 1. The first-order valence-electron chi connectivity index (χ1n) is 12.1. The summed E-state index contributed by atoms with van der Waals surface area (Å²) in [5.74, 6) is -0.667. The normalized spacial score (nSPS) is 15.5. The van der Waals surface area contributed by atoms with Crippen LogP contribution in [0.1, 0.15) is 36.6 Å². The smallest absolute Gasteiger partial charge is 0.264 e. The number of allylic oxidation sites excluding steroid dienone is 2. The quantitative estimate of drug-likeness (QED) is 0.205. The van der Waals surface area contributed by atoms with Crippen LogP contribution in [0.25, 0.3) is 16.2 Å². The van der Waals surface area contributed by atoms with Gasteiger partial charge in [-0.15, -0.1) is 11.3 Å². The molecule has 0 amide bonds. The molecule has 7 nitrogen and oxygen atoms in total. The minimum atomic E-state index is -4.08. The van der Waals surface area contributed by atoms with Crippen LogP contribution in [0.15, 0.2) is 58.0 Å². The zero-order valence-electron chi connectivity index (χ0n) is 20.9. The van der Waals surface area contributed by atoms with Crippen LogP contribution in [0, 0.1) is 0 Å². The molecule has 4 rings (SSSR count). The molecular formula is C26H27Cl2NO6S4. The molecule has 1 aliphatic rings. The van der Waals surface area contributed by atoms with E-state index in [2.05, 4.69) is 12.2 Å². The molecule has 210 valence electrons. The van der Waals surface area contributed by atoms with Crippen molar-refractivity contribution in [3.63, 3.8) is 0 Å². The van der Waals surface area contributed by atoms with Gasteiger partial charge in [0, 0.05) is 31.1 Å². The Hall–Kier alpha value is -1.57. The predicted molar refractivity (Wildman–Crippen MR) is 164 cm³/mol. The molecule has 0 saturated heterocycles. The molecule has 0 atom stereocenters. The Balaban J connectivity index is 1.71. The zero-order valence-corrected chi connectivity index (χ0v) is 25.7. The standard InChI is InChI=1S/C26H27Cl2NO6S4/c1-2-17(13-25-20(5-3-11-38(30,31)32)21-15-18(27)6-8-23(21)36-25)14-26-29(10-4-12-39(33,34)35)22-16-19(28)7-9-24(22)37-26/h6-9,13-16H,2-5,10-12H2,1H3,(H,30,31,32)(H,33,34,35)/b17-13-,26-14+. The first kappa shape index (κ1) is 30.4. The number of nitrogens with zero attached hydrogens (tertiary/aromatic N) is 1. The second kappa shape index (κ2) is 12.5. The Bertz CT molecular complexity index is 1660. The van der Waals surface area contributed by atoms with E-state index in [1.165, 1.54) is 0 Å². The van der Waals surface area contributed by atoms with E-state index in [0.29, 0.717) is 29.4 Å². The van der Waals surface area contributed by atoms with Crippen molar-refractivity contribution >= 4 is 88.4 Å². The van der Waals surface area contributed by atoms with E-state index in [1.54, 1.807) is 23.1 Å². The molecule has 2 N–H and O–H groups in total. The van der Waals surface area contributed by atoms with Crippen molar-refractivity contribution in [2.24, 2.45) is 0 Å². The van der Waals surface area contributed by atoms with Gasteiger partial charge in [0.25, 0.3) is 20.2 Å². The van der Waals surface area contributed by atoms with Gasteiger partial charge in [0.1, 0.15) is 0 Å². The minimum absolute atomic E-state index is 0.239. The summed E-state index contributed by atoms with van der Waals surface area (Å²) in [4.78, 5) is 3.99. The van der Waals surface area contributed by atoms with Crippen molar-refractivity contribution in [1.82, 2.24) is 0 Å². The Kier molecular flexibility index (Phi) is 9.76. The molecule has 1 aromatic heterocycles. The summed E-state index contributed by atoms with van der Waals surface area (Å²) >= 11 is 15.7. The molecule has 0 fully saturated rings. The number of rotatable bonds is 11. The maximum atomic E-state index is 11.3. The molecule has 13 heteroatoms. The molecular weight excluding hydrogens is 621 g/mol. The molecule has 0 aliphatic carbocycles. The second-order valence-electron chi connectivity index (χ2n) is 9.04. The third-order valence-electron chi connectivity index (χ3n) is 6.12. The van der Waals surface area contributed by atoms with Gasteiger partial charge in [0.05, 0.1) is 22.2 Å². The van der Waals surface area contributed by atoms with Gasteiger partial charge in [0.15, 0.2) is 0 Å². The van der Waals surface area contributed by atoms with Crippen LogP contribution >= 0.6 is 46.3 Å². The highest BCUT2D eigenvalue weighted by atomic mass is 35.5. The lowest BCUT2D eigenvalue weighted by Gasteiger charge is -2.21. The zero-order chi connectivity index (χ0) is 28.4. The number of anilines is 1. The summed E-state index contributed by atoms with van der Waals surface area (Å²) in [6, 6.07) is 11.2. The van der Waals surface area contributed by atoms with Gasteiger partial charge in [-0.25, -0.2) is 0 Å². The molecule has 0 bridgehead atoms. The van der Waals surface area contributed by atoms with Crippen LogP contribution in [-0.2, 0) is 26.7 Å². The minimum Gasteiger partial charge on any atom is -0.335 e. The molecule has 2 aromatic carbocycles. The lowest BCUT2D eigenvalue weighted by Crippen LogP contribution is -2.21. The number of halogens is 2. The van der Waals surface area contributed by atoms with Crippen LogP contribution in [0.5, 0.6) is 0 Å². The summed E-state index contributed by atoms with van der Waals surface area (Å²) in [7, 11) is -8.14. The van der Waals surface area contributed by atoms with Crippen molar-refractivity contribution in [2.45, 2.75) is 37.5 Å². The maximum absolute atomic E-state index is 11.3. The maximum Gasteiger partial charge on any atom is 0.264 e. The molecule has 0 unspecified atom stereocenters. The lowest BCUT2D eigenvalue weighted by molar-refractivity contribution is 0.479. The summed E-state index contributed by atoms with van der Waals surface area (Å²) in [5.41, 5.74) is 2.88. The van der Waals surface area contributed by atoms with Gasteiger partial charge in [-0.3, -0.25) is 9.11 Å². The van der Waals surface area contributed by atoms with E-state index in [4.69, 9.17) is 23.2 Å². The monoisotopic (exact) mass is 647 g/mol. The molecule has 0 saturated carbocycles. The van der Waals surface area contributed by atoms with Gasteiger partial charge in [-0.05, 0) is 90.8 Å². The van der Waals surface area contributed by atoms with E-state index < -0.39 is 20.2 Å². The molecule has 3 aromatic rings. The SMILES string of the molecule is CCC(=C/c1sc2ccc(Cl)cc2c1CCCS(=O)(=O)O)/C=C1/Sc2ccc(Cl)cc2N1CCCS(=O)(=O)O. The van der Waals surface area contributed by atoms with Crippen molar-refractivity contribution in [3.05, 3.63) is 73.6 Å². The fourth-order valence-electron chi connectivity index (χ4n) is 4.34. The second-order valence-corrected chi connectivity index (χ2v) is 15.2. The Morgan fingerprint density at radius 3 is 2.33 bits per heavy atom. The number of thioether (sulfide) groups is 1. The number of benzene rings is 2. The van der Waals surface area contributed by atoms with Crippen molar-refractivity contribution in [1.29, 1.82) is 0 Å². The fraction of sp³-hybridized carbons (Fsp3) is 0.308. The fourth-order valence-corrected chi connectivity index (χ4v) is 8.03. The van der Waals surface area contributed by atoms with Gasteiger partial charge in [-0.2, -0.15) is 16.8 Å². The Morgan fingerprint density at radius 2 is 1.64 bits per heavy atom. The largest absolute Gasteiger partial charge is 0.335 e. The van der Waals surface area contributed by atoms with Crippen LogP contribution in [0.4, 0.5) is 5.69 Å². The van der Waals surface area contributed by atoms with Crippen molar-refractivity contribution in [2.75, 3.05) is 23.0 Å². The molecule has 2 heterocycles. The number of fused-ring (bicyclic) bond motifs is 2. The molecule has 39 heavy (non-hydrogen) atoms. The van der Waals surface area contributed by atoms with Gasteiger partial charge in [-0.1, -0.05) is 41.9 Å². The van der Waals surface area contributed by atoms with Crippen molar-refractivity contribution < 1.29 is 25.9 Å². The van der Waals surface area contributed by atoms with Gasteiger partial charge < -0.3 is 4.90 Å². The third-order valence-corrected chi connectivity index (χ3v) is 10.5. The van der Waals surface area contributed by atoms with Crippen molar-refractivity contribution in [3.8, 4) is 0 Å². The van der Waals surface area contributed by atoms with Crippen LogP contribution < -0.4 is 4.90 Å². The van der Waals surface area contributed by atoms with E-state index >= 15 is 0 Å². The van der Waals surface area contributed by atoms with Crippen LogP contribution in [-0.4, -0.2) is 44.0 Å². The summed E-state index contributed by atoms with van der Waals surface area (Å²) in [6.45, 7) is 2.42. The lowest BCUT2D eigenvalue weighted by atomic mass is 10.0. The summed E-state index contributed by atoms with van der Waals surface area (Å²) in [5, 5.41) is 3.03. The first-order valence-corrected chi connectivity index (χ1v) is 17.7. The Morgan fingerprint density at radius 1 is 0.974 bits per heavy atom. The Labute approximate surface area is 247 Å². The van der Waals surface area contributed by atoms with E-state index in [0.717, 1.165) is 41.7 Å². The number of hydrogen-bond donors (Lipinski definition) is 2. The summed E-state index contributed by atoms with van der Waals surface area (Å²) < 4.78 is 64.7. The summed E-state index contributed by atoms with van der Waals surface area (Å²) in [6.07, 6.45) is 5.82. The highest BCUT2D eigenvalue weighted by Gasteiger charge is 2.26. The third kappa shape index (κ3) is 8.23. The number of hydrogen-bond acceptors (Lipinski definition) is 7.